The molecule has 2 unspecified atom stereocenters. The van der Waals surface area contributed by atoms with E-state index in [1.165, 1.54) is 22.5 Å². The van der Waals surface area contributed by atoms with Gasteiger partial charge in [-0.2, -0.15) is 14.3 Å². The zero-order valence-electron chi connectivity index (χ0n) is 17.6. The molecule has 1 amide bonds. The first-order chi connectivity index (χ1) is 14.9. The highest BCUT2D eigenvalue weighted by Gasteiger charge is 2.22. The smallest absolute Gasteiger partial charge is 0.252 e. The quantitative estimate of drug-likeness (QED) is 0.541. The van der Waals surface area contributed by atoms with Crippen molar-refractivity contribution in [3.63, 3.8) is 0 Å². The van der Waals surface area contributed by atoms with E-state index in [1.54, 1.807) is 54.4 Å². The van der Waals surface area contributed by atoms with Gasteiger partial charge in [-0.1, -0.05) is 19.6 Å². The maximum atomic E-state index is 13.3. The molecule has 3 rings (SSSR count). The van der Waals surface area contributed by atoms with E-state index in [2.05, 4.69) is 22.1 Å². The molecule has 0 fully saturated rings. The van der Waals surface area contributed by atoms with Crippen molar-refractivity contribution in [2.75, 3.05) is 6.26 Å². The normalized spacial score (nSPS) is 13.6. The van der Waals surface area contributed by atoms with Crippen molar-refractivity contribution in [1.82, 2.24) is 24.3 Å². The summed E-state index contributed by atoms with van der Waals surface area (Å²) in [6.07, 6.45) is 8.67. The lowest BCUT2D eigenvalue weighted by atomic mass is 10.0. The molecule has 0 aliphatic heterocycles. The first-order valence-corrected chi connectivity index (χ1v) is 11.2. The number of amides is 1. The summed E-state index contributed by atoms with van der Waals surface area (Å²) in [5.41, 5.74) is 2.94. The standard InChI is InChI=1S/C22H24FN5O2S/c1-5-17(22(29)25-19(6-2)20-12-13-27(26-20)31(4)30)18-14-24-28(21(18)7-3)16-10-8-15(23)9-11-16/h5,7-14,19H,3,6H2,1-2,4H3,(H,25,29)/b17-5+. The summed E-state index contributed by atoms with van der Waals surface area (Å²) in [6, 6.07) is 7.31. The molecule has 0 aliphatic rings. The molecular weight excluding hydrogens is 417 g/mol. The van der Waals surface area contributed by atoms with Crippen molar-refractivity contribution in [3.05, 3.63) is 78.1 Å². The maximum Gasteiger partial charge on any atom is 0.252 e. The van der Waals surface area contributed by atoms with E-state index in [1.807, 2.05) is 6.92 Å². The summed E-state index contributed by atoms with van der Waals surface area (Å²) in [5, 5.41) is 11.7. The lowest BCUT2D eigenvalue weighted by Crippen LogP contribution is -2.29. The minimum Gasteiger partial charge on any atom is -0.344 e. The second-order valence-electron chi connectivity index (χ2n) is 6.74. The van der Waals surface area contributed by atoms with Gasteiger partial charge >= 0.3 is 0 Å². The zero-order valence-corrected chi connectivity index (χ0v) is 18.4. The summed E-state index contributed by atoms with van der Waals surface area (Å²) in [6.45, 7) is 7.56. The van der Waals surface area contributed by atoms with Crippen LogP contribution in [-0.2, 0) is 15.8 Å². The Morgan fingerprint density at radius 2 is 2.03 bits per heavy atom. The molecule has 0 aliphatic carbocycles. The van der Waals surface area contributed by atoms with Gasteiger partial charge in [0.25, 0.3) is 5.91 Å². The van der Waals surface area contributed by atoms with E-state index >= 15 is 0 Å². The lowest BCUT2D eigenvalue weighted by Gasteiger charge is -2.16. The monoisotopic (exact) mass is 441 g/mol. The first kappa shape index (κ1) is 22.4. The number of nitrogens with one attached hydrogen (secondary N) is 1. The molecule has 0 radical (unpaired) electrons. The summed E-state index contributed by atoms with van der Waals surface area (Å²) in [5.74, 6) is -0.631. The minimum atomic E-state index is -1.26. The Labute approximate surface area is 182 Å². The molecule has 1 aromatic carbocycles. The van der Waals surface area contributed by atoms with Crippen LogP contribution in [0.2, 0.25) is 0 Å². The van der Waals surface area contributed by atoms with Crippen molar-refractivity contribution in [2.24, 2.45) is 0 Å². The van der Waals surface area contributed by atoms with Gasteiger partial charge in [-0.3, -0.25) is 4.79 Å². The van der Waals surface area contributed by atoms with Gasteiger partial charge in [-0.05, 0) is 49.8 Å². The number of allylic oxidation sites excluding steroid dienone is 1. The van der Waals surface area contributed by atoms with Crippen molar-refractivity contribution < 1.29 is 13.4 Å². The van der Waals surface area contributed by atoms with Crippen LogP contribution in [0.1, 0.15) is 43.3 Å². The largest absolute Gasteiger partial charge is 0.344 e. The minimum absolute atomic E-state index is 0.289. The highest BCUT2D eigenvalue weighted by molar-refractivity contribution is 7.82. The van der Waals surface area contributed by atoms with Crippen molar-refractivity contribution in [1.29, 1.82) is 0 Å². The van der Waals surface area contributed by atoms with Crippen LogP contribution in [-0.4, -0.2) is 35.3 Å². The van der Waals surface area contributed by atoms with Crippen LogP contribution < -0.4 is 5.32 Å². The fourth-order valence-corrected chi connectivity index (χ4v) is 3.67. The van der Waals surface area contributed by atoms with Gasteiger partial charge < -0.3 is 5.32 Å². The third-order valence-corrected chi connectivity index (χ3v) is 5.55. The van der Waals surface area contributed by atoms with E-state index in [4.69, 9.17) is 0 Å². The molecule has 2 aromatic heterocycles. The molecule has 7 nitrogen and oxygen atoms in total. The van der Waals surface area contributed by atoms with Gasteiger partial charge in [0, 0.05) is 23.6 Å². The molecule has 31 heavy (non-hydrogen) atoms. The van der Waals surface area contributed by atoms with Crippen LogP contribution in [0.15, 0.2) is 55.4 Å². The Hall–Kier alpha value is -3.33. The number of hydrogen-bond acceptors (Lipinski definition) is 4. The Kier molecular flexibility index (Phi) is 6.96. The SMILES string of the molecule is C=Cc1c(/C(=C\C)C(=O)NC(CC)c2ccn(S(C)=O)n2)cnn1-c1ccc(F)cc1. The molecule has 0 bridgehead atoms. The first-order valence-electron chi connectivity index (χ1n) is 9.73. The molecule has 1 N–H and O–H groups in total. The molecular formula is C22H24FN5O2S. The van der Waals surface area contributed by atoms with E-state index < -0.39 is 11.0 Å². The van der Waals surface area contributed by atoms with Crippen molar-refractivity contribution >= 4 is 28.5 Å². The number of carbonyl (C=O) groups is 1. The third-order valence-electron chi connectivity index (χ3n) is 4.82. The average molecular weight is 442 g/mol. The van der Waals surface area contributed by atoms with Crippen LogP contribution >= 0.6 is 0 Å². The average Bonchev–Trinajstić information content (AvgIpc) is 3.41. The molecule has 3 aromatic rings. The van der Waals surface area contributed by atoms with Gasteiger partial charge in [-0.25, -0.2) is 13.3 Å². The fraction of sp³-hybridized carbons (Fsp3) is 0.227. The van der Waals surface area contributed by atoms with Crippen molar-refractivity contribution in [2.45, 2.75) is 26.3 Å². The predicted molar refractivity (Wildman–Crippen MR) is 120 cm³/mol. The van der Waals surface area contributed by atoms with Gasteiger partial charge in [0.05, 0.1) is 29.3 Å². The van der Waals surface area contributed by atoms with Gasteiger partial charge in [0.15, 0.2) is 0 Å². The highest BCUT2D eigenvalue weighted by Crippen LogP contribution is 2.25. The predicted octanol–water partition coefficient (Wildman–Crippen LogP) is 3.66. The number of aromatic nitrogens is 4. The third kappa shape index (κ3) is 4.72. The maximum absolute atomic E-state index is 13.3. The number of halogens is 1. The summed E-state index contributed by atoms with van der Waals surface area (Å²) in [4.78, 5) is 13.1. The van der Waals surface area contributed by atoms with Crippen molar-refractivity contribution in [3.8, 4) is 5.69 Å². The number of carbonyl (C=O) groups excluding carboxylic acids is 1. The van der Waals surface area contributed by atoms with Crippen LogP contribution in [0, 0.1) is 5.82 Å². The van der Waals surface area contributed by atoms with E-state index in [-0.39, 0.29) is 17.8 Å². The molecule has 2 heterocycles. The Morgan fingerprint density at radius 1 is 1.32 bits per heavy atom. The summed E-state index contributed by atoms with van der Waals surface area (Å²) >= 11 is 0. The van der Waals surface area contributed by atoms with Crippen LogP contribution in [0.3, 0.4) is 0 Å². The van der Waals surface area contributed by atoms with Crippen LogP contribution in [0.25, 0.3) is 17.3 Å². The van der Waals surface area contributed by atoms with Gasteiger partial charge in [-0.15, -0.1) is 0 Å². The van der Waals surface area contributed by atoms with Gasteiger partial charge in [0.1, 0.15) is 16.8 Å². The molecule has 0 saturated carbocycles. The number of rotatable bonds is 8. The fourth-order valence-electron chi connectivity index (χ4n) is 3.23. The topological polar surface area (TPSA) is 81.8 Å². The summed E-state index contributed by atoms with van der Waals surface area (Å²) < 4.78 is 27.9. The lowest BCUT2D eigenvalue weighted by molar-refractivity contribution is -0.116. The molecule has 162 valence electrons. The van der Waals surface area contributed by atoms with E-state index in [0.29, 0.717) is 34.6 Å². The van der Waals surface area contributed by atoms with Gasteiger partial charge in [0.2, 0.25) is 0 Å². The number of hydrogen-bond donors (Lipinski definition) is 1. The Balaban J connectivity index is 1.89. The molecule has 0 saturated heterocycles. The second-order valence-corrected chi connectivity index (χ2v) is 7.96. The van der Waals surface area contributed by atoms with E-state index in [9.17, 15) is 13.4 Å². The molecule has 0 spiro atoms. The van der Waals surface area contributed by atoms with Crippen LogP contribution in [0.4, 0.5) is 4.39 Å². The number of nitrogens with zero attached hydrogens (tertiary/aromatic N) is 4. The Bertz CT molecular complexity index is 1150. The number of benzene rings is 1. The van der Waals surface area contributed by atoms with Crippen LogP contribution in [0.5, 0.6) is 0 Å². The van der Waals surface area contributed by atoms with E-state index in [0.717, 1.165) is 0 Å². The second kappa shape index (κ2) is 9.65. The molecule has 9 heteroatoms. The zero-order chi connectivity index (χ0) is 22.5. The molecule has 2 atom stereocenters. The summed E-state index contributed by atoms with van der Waals surface area (Å²) in [7, 11) is -1.26. The highest BCUT2D eigenvalue weighted by atomic mass is 32.2. The Morgan fingerprint density at radius 3 is 2.58 bits per heavy atom.